The number of nitrogens with zero attached hydrogens (tertiary/aromatic N) is 1. The first-order valence-corrected chi connectivity index (χ1v) is 7.21. The maximum absolute atomic E-state index is 5.73. The molecule has 1 heterocycles. The molecular formula is C14H30N2O. The van der Waals surface area contributed by atoms with Crippen molar-refractivity contribution in [3.8, 4) is 0 Å². The van der Waals surface area contributed by atoms with Gasteiger partial charge >= 0.3 is 0 Å². The largest absolute Gasteiger partial charge is 0.381 e. The highest BCUT2D eigenvalue weighted by atomic mass is 16.5. The fourth-order valence-corrected chi connectivity index (χ4v) is 2.98. The van der Waals surface area contributed by atoms with Gasteiger partial charge in [-0.05, 0) is 45.8 Å². The van der Waals surface area contributed by atoms with Crippen molar-refractivity contribution < 1.29 is 4.74 Å². The van der Waals surface area contributed by atoms with E-state index in [0.29, 0.717) is 5.41 Å². The second-order valence-electron chi connectivity index (χ2n) is 5.46. The summed E-state index contributed by atoms with van der Waals surface area (Å²) in [6, 6.07) is 0. The topological polar surface area (TPSA) is 24.5 Å². The Morgan fingerprint density at radius 3 is 2.41 bits per heavy atom. The second kappa shape index (κ2) is 8.06. The summed E-state index contributed by atoms with van der Waals surface area (Å²) in [5.41, 5.74) is 0.345. The summed E-state index contributed by atoms with van der Waals surface area (Å²) >= 11 is 0. The maximum atomic E-state index is 5.73. The molecule has 0 aliphatic carbocycles. The molecule has 0 saturated carbocycles. The van der Waals surface area contributed by atoms with Crippen LogP contribution in [0.3, 0.4) is 0 Å². The van der Waals surface area contributed by atoms with Gasteiger partial charge in [0.05, 0.1) is 6.61 Å². The van der Waals surface area contributed by atoms with Gasteiger partial charge in [0, 0.05) is 25.1 Å². The summed E-state index contributed by atoms with van der Waals surface area (Å²) in [5.74, 6) is 0. The molecule has 1 saturated heterocycles. The normalized spacial score (nSPS) is 25.4. The molecule has 1 atom stereocenters. The number of hydrogen-bond acceptors (Lipinski definition) is 3. The van der Waals surface area contributed by atoms with E-state index in [4.69, 9.17) is 4.74 Å². The van der Waals surface area contributed by atoms with Crippen LogP contribution in [0.25, 0.3) is 0 Å². The third-order valence-corrected chi connectivity index (χ3v) is 3.59. The molecule has 0 bridgehead atoms. The SMILES string of the molecule is CCCN(CCC)CC1(CNC)CCCOC1. The van der Waals surface area contributed by atoms with Crippen molar-refractivity contribution in [3.63, 3.8) is 0 Å². The monoisotopic (exact) mass is 242 g/mol. The Bertz CT molecular complexity index is 179. The van der Waals surface area contributed by atoms with Crippen molar-refractivity contribution >= 4 is 0 Å². The highest BCUT2D eigenvalue weighted by Crippen LogP contribution is 2.29. The van der Waals surface area contributed by atoms with Crippen LogP contribution in [-0.2, 0) is 4.74 Å². The van der Waals surface area contributed by atoms with Crippen LogP contribution in [0.4, 0.5) is 0 Å². The van der Waals surface area contributed by atoms with E-state index in [-0.39, 0.29) is 0 Å². The van der Waals surface area contributed by atoms with Crippen molar-refractivity contribution in [1.29, 1.82) is 0 Å². The maximum Gasteiger partial charge on any atom is 0.0546 e. The highest BCUT2D eigenvalue weighted by Gasteiger charge is 2.33. The molecule has 0 aromatic carbocycles. The fraction of sp³-hybridized carbons (Fsp3) is 1.00. The molecule has 0 spiro atoms. The zero-order valence-corrected chi connectivity index (χ0v) is 11.9. The van der Waals surface area contributed by atoms with Crippen LogP contribution in [0.2, 0.25) is 0 Å². The van der Waals surface area contributed by atoms with Crippen molar-refractivity contribution in [3.05, 3.63) is 0 Å². The van der Waals surface area contributed by atoms with Gasteiger partial charge in [-0.1, -0.05) is 13.8 Å². The van der Waals surface area contributed by atoms with Crippen molar-refractivity contribution in [2.75, 3.05) is 46.4 Å². The van der Waals surface area contributed by atoms with Crippen molar-refractivity contribution in [2.24, 2.45) is 5.41 Å². The number of rotatable bonds is 8. The van der Waals surface area contributed by atoms with Crippen LogP contribution in [0, 0.1) is 5.41 Å². The minimum absolute atomic E-state index is 0.345. The first-order valence-electron chi connectivity index (χ1n) is 7.21. The third kappa shape index (κ3) is 4.94. The lowest BCUT2D eigenvalue weighted by Crippen LogP contribution is -2.48. The predicted molar refractivity (Wildman–Crippen MR) is 73.4 cm³/mol. The smallest absolute Gasteiger partial charge is 0.0546 e. The molecule has 1 aliphatic rings. The average molecular weight is 242 g/mol. The number of hydrogen-bond donors (Lipinski definition) is 1. The van der Waals surface area contributed by atoms with E-state index in [1.165, 1.54) is 45.3 Å². The number of nitrogens with one attached hydrogen (secondary N) is 1. The van der Waals surface area contributed by atoms with Crippen LogP contribution in [0.1, 0.15) is 39.5 Å². The van der Waals surface area contributed by atoms with E-state index in [0.717, 1.165) is 19.8 Å². The molecule has 1 aliphatic heterocycles. The molecular weight excluding hydrogens is 212 g/mol. The van der Waals surface area contributed by atoms with E-state index < -0.39 is 0 Å². The molecule has 0 aromatic heterocycles. The Morgan fingerprint density at radius 1 is 1.24 bits per heavy atom. The Hall–Kier alpha value is -0.120. The van der Waals surface area contributed by atoms with Gasteiger partial charge in [-0.2, -0.15) is 0 Å². The zero-order chi connectivity index (χ0) is 12.6. The lowest BCUT2D eigenvalue weighted by Gasteiger charge is -2.41. The quantitative estimate of drug-likeness (QED) is 0.705. The zero-order valence-electron chi connectivity index (χ0n) is 11.9. The molecule has 0 amide bonds. The molecule has 3 heteroatoms. The van der Waals surface area contributed by atoms with Gasteiger partial charge in [-0.3, -0.25) is 0 Å². The third-order valence-electron chi connectivity index (χ3n) is 3.59. The van der Waals surface area contributed by atoms with Crippen molar-refractivity contribution in [1.82, 2.24) is 10.2 Å². The van der Waals surface area contributed by atoms with E-state index in [1.54, 1.807) is 0 Å². The Morgan fingerprint density at radius 2 is 1.94 bits per heavy atom. The lowest BCUT2D eigenvalue weighted by atomic mass is 9.81. The van der Waals surface area contributed by atoms with Gasteiger partial charge in [0.2, 0.25) is 0 Å². The van der Waals surface area contributed by atoms with E-state index >= 15 is 0 Å². The average Bonchev–Trinajstić information content (AvgIpc) is 2.31. The molecule has 3 nitrogen and oxygen atoms in total. The molecule has 0 radical (unpaired) electrons. The summed E-state index contributed by atoms with van der Waals surface area (Å²) in [4.78, 5) is 2.62. The molecule has 0 aromatic rings. The van der Waals surface area contributed by atoms with Crippen LogP contribution >= 0.6 is 0 Å². The van der Waals surface area contributed by atoms with Gasteiger partial charge in [0.1, 0.15) is 0 Å². The highest BCUT2D eigenvalue weighted by molar-refractivity contribution is 4.86. The van der Waals surface area contributed by atoms with Crippen LogP contribution in [0.5, 0.6) is 0 Å². The van der Waals surface area contributed by atoms with Gasteiger partial charge in [-0.15, -0.1) is 0 Å². The van der Waals surface area contributed by atoms with Crippen LogP contribution in [0.15, 0.2) is 0 Å². The molecule has 1 rings (SSSR count). The molecule has 1 fully saturated rings. The van der Waals surface area contributed by atoms with Gasteiger partial charge in [0.15, 0.2) is 0 Å². The summed E-state index contributed by atoms with van der Waals surface area (Å²) < 4.78 is 5.73. The lowest BCUT2D eigenvalue weighted by molar-refractivity contribution is -0.0253. The predicted octanol–water partition coefficient (Wildman–Crippen LogP) is 2.12. The minimum Gasteiger partial charge on any atom is -0.381 e. The van der Waals surface area contributed by atoms with Gasteiger partial charge in [-0.25, -0.2) is 0 Å². The summed E-state index contributed by atoms with van der Waals surface area (Å²) in [6.45, 7) is 11.1. The fourth-order valence-electron chi connectivity index (χ4n) is 2.98. The minimum atomic E-state index is 0.345. The summed E-state index contributed by atoms with van der Waals surface area (Å²) in [6.07, 6.45) is 5.01. The van der Waals surface area contributed by atoms with Gasteiger partial charge < -0.3 is 15.0 Å². The van der Waals surface area contributed by atoms with Crippen LogP contribution < -0.4 is 5.32 Å². The van der Waals surface area contributed by atoms with E-state index in [9.17, 15) is 0 Å². The van der Waals surface area contributed by atoms with E-state index in [2.05, 4.69) is 31.1 Å². The molecule has 102 valence electrons. The molecule has 1 unspecified atom stereocenters. The summed E-state index contributed by atoms with van der Waals surface area (Å²) in [7, 11) is 2.06. The standard InChI is InChI=1S/C14H30N2O/c1-4-8-16(9-5-2)12-14(11-15-3)7-6-10-17-13-14/h15H,4-13H2,1-3H3. The Kier molecular flexibility index (Phi) is 7.09. The number of ether oxygens (including phenoxy) is 1. The van der Waals surface area contributed by atoms with Crippen molar-refractivity contribution in [2.45, 2.75) is 39.5 Å². The molecule has 1 N–H and O–H groups in total. The summed E-state index contributed by atoms with van der Waals surface area (Å²) in [5, 5.41) is 3.36. The van der Waals surface area contributed by atoms with Crippen LogP contribution in [-0.4, -0.2) is 51.3 Å². The second-order valence-corrected chi connectivity index (χ2v) is 5.46. The first-order chi connectivity index (χ1) is 8.26. The Labute approximate surface area is 107 Å². The Balaban J connectivity index is 2.55. The molecule has 17 heavy (non-hydrogen) atoms. The van der Waals surface area contributed by atoms with Gasteiger partial charge in [0.25, 0.3) is 0 Å². The van der Waals surface area contributed by atoms with E-state index in [1.807, 2.05) is 0 Å². The first kappa shape index (κ1) is 14.9.